The number of aromatic nitrogens is 2. The maximum atomic E-state index is 14.1. The summed E-state index contributed by atoms with van der Waals surface area (Å²) in [5.74, 6) is -0.356. The smallest absolute Gasteiger partial charge is 0.382 e. The van der Waals surface area contributed by atoms with E-state index >= 15 is 0 Å². The third kappa shape index (κ3) is 4.19. The van der Waals surface area contributed by atoms with E-state index in [9.17, 15) is 27.2 Å². The van der Waals surface area contributed by atoms with Crippen LogP contribution in [0.1, 0.15) is 5.56 Å². The van der Waals surface area contributed by atoms with E-state index in [1.807, 2.05) is 0 Å². The average Bonchev–Trinajstić information content (AvgIpc) is 2.92. The molecule has 2 aromatic carbocycles. The number of halogens is 4. The lowest BCUT2D eigenvalue weighted by molar-refractivity contribution is -0.137. The molecule has 1 atom stereocenters. The molecule has 0 aliphatic carbocycles. The Balaban J connectivity index is 2.02. The minimum absolute atomic E-state index is 0.0457. The minimum Gasteiger partial charge on any atom is -0.382 e. The number of thioether (sulfide) groups is 1. The van der Waals surface area contributed by atoms with E-state index in [1.165, 1.54) is 23.8 Å². The first-order valence-corrected chi connectivity index (χ1v) is 10.6. The van der Waals surface area contributed by atoms with Gasteiger partial charge in [-0.3, -0.25) is 14.3 Å². The Bertz CT molecular complexity index is 1270. The van der Waals surface area contributed by atoms with E-state index in [1.54, 1.807) is 0 Å². The van der Waals surface area contributed by atoms with E-state index in [-0.39, 0.29) is 45.8 Å². The zero-order valence-corrected chi connectivity index (χ0v) is 17.6. The van der Waals surface area contributed by atoms with Gasteiger partial charge in [0.2, 0.25) is 0 Å². The number of nitrogens with zero attached hydrogens (tertiary/aromatic N) is 1. The Labute approximate surface area is 183 Å². The van der Waals surface area contributed by atoms with Crippen LogP contribution >= 0.6 is 11.8 Å². The van der Waals surface area contributed by atoms with Crippen LogP contribution in [0.25, 0.3) is 22.0 Å². The molecule has 32 heavy (non-hydrogen) atoms. The van der Waals surface area contributed by atoms with Crippen molar-refractivity contribution in [1.29, 1.82) is 0 Å². The molecule has 0 bridgehead atoms. The fraction of sp³-hybridized carbons (Fsp3) is 0.333. The van der Waals surface area contributed by atoms with E-state index in [0.717, 1.165) is 30.0 Å². The lowest BCUT2D eigenvalue weighted by Crippen LogP contribution is -2.34. The summed E-state index contributed by atoms with van der Waals surface area (Å²) in [7, 11) is 1.50. The molecule has 1 aliphatic rings. The maximum Gasteiger partial charge on any atom is 0.417 e. The molecule has 4 rings (SSSR count). The second kappa shape index (κ2) is 8.72. The zero-order valence-electron chi connectivity index (χ0n) is 16.8. The molecule has 0 radical (unpaired) electrons. The summed E-state index contributed by atoms with van der Waals surface area (Å²) in [6.45, 7) is 0.588. The number of hydrogen-bond acceptors (Lipinski definition) is 5. The standard InChI is InChI=1S/C21H18F4N2O4S/c1-30-6-7-31-13-9-27-17-14(19(28)26-20(27)29)8-15(21(23,24)25)16(18(17)32-10-13)11-2-4-12(22)5-3-11/h2-5,8,13H,6-7,9-10H2,1H3,(H,26,28,29). The molecular weight excluding hydrogens is 452 g/mol. The number of nitrogens with one attached hydrogen (secondary N) is 1. The van der Waals surface area contributed by atoms with Crippen LogP contribution in [0.4, 0.5) is 17.6 Å². The van der Waals surface area contributed by atoms with Gasteiger partial charge in [-0.1, -0.05) is 12.1 Å². The van der Waals surface area contributed by atoms with Crippen molar-refractivity contribution in [3.63, 3.8) is 0 Å². The Morgan fingerprint density at radius 1 is 1.19 bits per heavy atom. The molecule has 0 spiro atoms. The van der Waals surface area contributed by atoms with Crippen molar-refractivity contribution < 1.29 is 27.0 Å². The predicted octanol–water partition coefficient (Wildman–Crippen LogP) is 3.65. The quantitative estimate of drug-likeness (QED) is 0.455. The van der Waals surface area contributed by atoms with Gasteiger partial charge in [0.05, 0.1) is 42.3 Å². The van der Waals surface area contributed by atoms with Crippen molar-refractivity contribution >= 4 is 22.7 Å². The molecule has 11 heteroatoms. The lowest BCUT2D eigenvalue weighted by atomic mass is 9.96. The highest BCUT2D eigenvalue weighted by atomic mass is 32.2. The number of rotatable bonds is 5. The number of alkyl halides is 3. The van der Waals surface area contributed by atoms with E-state index in [4.69, 9.17) is 9.47 Å². The highest BCUT2D eigenvalue weighted by molar-refractivity contribution is 7.99. The Morgan fingerprint density at radius 2 is 1.91 bits per heavy atom. The molecule has 0 amide bonds. The molecule has 3 aromatic rings. The number of aromatic amines is 1. The monoisotopic (exact) mass is 470 g/mol. The van der Waals surface area contributed by atoms with Crippen molar-refractivity contribution in [2.24, 2.45) is 0 Å². The van der Waals surface area contributed by atoms with Crippen LogP contribution in [0.5, 0.6) is 0 Å². The summed E-state index contributed by atoms with van der Waals surface area (Å²) in [6, 6.07) is 5.37. The van der Waals surface area contributed by atoms with Crippen molar-refractivity contribution in [2.45, 2.75) is 23.7 Å². The van der Waals surface area contributed by atoms with Crippen LogP contribution in [0.2, 0.25) is 0 Å². The Morgan fingerprint density at radius 3 is 2.56 bits per heavy atom. The molecule has 0 saturated carbocycles. The van der Waals surface area contributed by atoms with Gasteiger partial charge >= 0.3 is 11.9 Å². The van der Waals surface area contributed by atoms with Crippen molar-refractivity contribution in [2.75, 3.05) is 26.1 Å². The number of ether oxygens (including phenoxy) is 2. The predicted molar refractivity (Wildman–Crippen MR) is 112 cm³/mol. The van der Waals surface area contributed by atoms with Crippen LogP contribution in [-0.2, 0) is 22.2 Å². The third-order valence-electron chi connectivity index (χ3n) is 5.11. The van der Waals surface area contributed by atoms with Crippen molar-refractivity contribution in [3.05, 3.63) is 62.6 Å². The molecule has 0 saturated heterocycles. The second-order valence-electron chi connectivity index (χ2n) is 7.20. The molecule has 170 valence electrons. The fourth-order valence-electron chi connectivity index (χ4n) is 3.70. The molecule has 2 heterocycles. The minimum atomic E-state index is -4.79. The summed E-state index contributed by atoms with van der Waals surface area (Å²) in [6.07, 6.45) is -5.30. The van der Waals surface area contributed by atoms with Gasteiger partial charge in [0, 0.05) is 23.3 Å². The number of benzene rings is 2. The van der Waals surface area contributed by atoms with Crippen LogP contribution in [-0.4, -0.2) is 41.7 Å². The first-order valence-electron chi connectivity index (χ1n) is 9.61. The van der Waals surface area contributed by atoms with Gasteiger partial charge < -0.3 is 9.47 Å². The average molecular weight is 470 g/mol. The highest BCUT2D eigenvalue weighted by Gasteiger charge is 2.38. The molecule has 1 aromatic heterocycles. The van der Waals surface area contributed by atoms with E-state index in [0.29, 0.717) is 6.61 Å². The van der Waals surface area contributed by atoms with Crippen LogP contribution in [0, 0.1) is 5.82 Å². The number of methoxy groups -OCH3 is 1. The van der Waals surface area contributed by atoms with Gasteiger partial charge in [-0.05, 0) is 23.8 Å². The summed E-state index contributed by atoms with van der Waals surface area (Å²) >= 11 is 1.07. The van der Waals surface area contributed by atoms with Crippen LogP contribution < -0.4 is 11.2 Å². The molecule has 1 aliphatic heterocycles. The molecule has 1 unspecified atom stereocenters. The molecule has 6 nitrogen and oxygen atoms in total. The summed E-state index contributed by atoms with van der Waals surface area (Å²) < 4.78 is 67.6. The van der Waals surface area contributed by atoms with Gasteiger partial charge in [0.15, 0.2) is 0 Å². The highest BCUT2D eigenvalue weighted by Crippen LogP contribution is 2.46. The molecule has 1 N–H and O–H groups in total. The first-order chi connectivity index (χ1) is 15.2. The molecular formula is C21H18F4N2O4S. The fourth-order valence-corrected chi connectivity index (χ4v) is 4.98. The van der Waals surface area contributed by atoms with E-state index in [2.05, 4.69) is 4.98 Å². The van der Waals surface area contributed by atoms with Gasteiger partial charge in [0.1, 0.15) is 5.82 Å². The first kappa shape index (κ1) is 22.6. The maximum absolute atomic E-state index is 14.1. The summed E-state index contributed by atoms with van der Waals surface area (Å²) in [4.78, 5) is 27.3. The van der Waals surface area contributed by atoms with Gasteiger partial charge in [-0.15, -0.1) is 11.8 Å². The van der Waals surface area contributed by atoms with Crippen LogP contribution in [0.15, 0.2) is 44.8 Å². The summed E-state index contributed by atoms with van der Waals surface area (Å²) in [5.41, 5.74) is -2.65. The Kier molecular flexibility index (Phi) is 6.15. The Hall–Kier alpha value is -2.63. The van der Waals surface area contributed by atoms with Gasteiger partial charge in [0.25, 0.3) is 5.56 Å². The van der Waals surface area contributed by atoms with Crippen LogP contribution in [0.3, 0.4) is 0 Å². The second-order valence-corrected chi connectivity index (χ2v) is 8.23. The zero-order chi connectivity index (χ0) is 23.0. The third-order valence-corrected chi connectivity index (χ3v) is 6.34. The van der Waals surface area contributed by atoms with E-state index < -0.39 is 34.9 Å². The van der Waals surface area contributed by atoms with Gasteiger partial charge in [-0.2, -0.15) is 13.2 Å². The van der Waals surface area contributed by atoms with Crippen molar-refractivity contribution in [1.82, 2.24) is 9.55 Å². The normalized spacial score (nSPS) is 16.3. The topological polar surface area (TPSA) is 73.3 Å². The number of hydrogen-bond donors (Lipinski definition) is 1. The lowest BCUT2D eigenvalue weighted by Gasteiger charge is -2.19. The van der Waals surface area contributed by atoms with Gasteiger partial charge in [-0.25, -0.2) is 9.18 Å². The molecule has 0 fully saturated rings. The summed E-state index contributed by atoms with van der Waals surface area (Å²) in [5, 5.41) is -0.247. The number of H-pyrrole nitrogens is 1. The SMILES string of the molecule is COCCOC1CSc2c(-c3ccc(F)cc3)c(C(F)(F)F)cc3c(=O)[nH]c(=O)n(c23)C1. The van der Waals surface area contributed by atoms with Crippen molar-refractivity contribution in [3.8, 4) is 11.1 Å². The largest absolute Gasteiger partial charge is 0.417 e.